The lowest BCUT2D eigenvalue weighted by molar-refractivity contribution is 0.0696. The van der Waals surface area contributed by atoms with Gasteiger partial charge in [0, 0.05) is 29.7 Å². The summed E-state index contributed by atoms with van der Waals surface area (Å²) in [6.45, 7) is 8.93. The third-order valence-electron chi connectivity index (χ3n) is 5.45. The van der Waals surface area contributed by atoms with Gasteiger partial charge in [-0.15, -0.1) is 10.2 Å². The quantitative estimate of drug-likeness (QED) is 0.796. The van der Waals surface area contributed by atoms with Crippen molar-refractivity contribution in [1.82, 2.24) is 15.5 Å². The van der Waals surface area contributed by atoms with Gasteiger partial charge in [-0.2, -0.15) is 0 Å². The summed E-state index contributed by atoms with van der Waals surface area (Å²) in [5.74, 6) is 0.279. The van der Waals surface area contributed by atoms with Gasteiger partial charge in [-0.3, -0.25) is 0 Å². The van der Waals surface area contributed by atoms with Crippen molar-refractivity contribution >= 4 is 11.8 Å². The van der Waals surface area contributed by atoms with E-state index in [1.807, 2.05) is 12.1 Å². The Morgan fingerprint density at radius 3 is 2.31 bits per heavy atom. The molecular weight excluding hydrogens is 368 g/mol. The second kappa shape index (κ2) is 7.63. The van der Waals surface area contributed by atoms with Gasteiger partial charge in [0.2, 0.25) is 0 Å². The molecule has 0 atom stereocenters. The molecule has 0 radical (unpaired) electrons. The summed E-state index contributed by atoms with van der Waals surface area (Å²) in [6, 6.07) is 8.95. The number of nitrogens with one attached hydrogen (secondary N) is 1. The highest BCUT2D eigenvalue weighted by atomic mass is 16.5. The molecule has 1 saturated heterocycles. The summed E-state index contributed by atoms with van der Waals surface area (Å²) in [4.78, 5) is 13.4. The molecule has 7 heteroatoms. The van der Waals surface area contributed by atoms with Crippen LogP contribution in [0, 0.1) is 0 Å². The summed E-state index contributed by atoms with van der Waals surface area (Å²) in [5.41, 5.74) is 1.62. The lowest BCUT2D eigenvalue weighted by atomic mass is 9.79. The molecule has 29 heavy (non-hydrogen) atoms. The number of nitrogens with zero attached hydrogens (tertiary/aromatic N) is 3. The van der Waals surface area contributed by atoms with E-state index < -0.39 is 5.97 Å². The maximum Gasteiger partial charge on any atom is 0.335 e. The average Bonchev–Trinajstić information content (AvgIpc) is 2.64. The highest BCUT2D eigenvalue weighted by Crippen LogP contribution is 2.34. The number of carboxylic acids is 1. The van der Waals surface area contributed by atoms with Crippen molar-refractivity contribution in [3.05, 3.63) is 35.9 Å². The Morgan fingerprint density at radius 1 is 1.14 bits per heavy atom. The molecule has 3 rings (SSSR count). The fourth-order valence-electron chi connectivity index (χ4n) is 4.42. The molecule has 1 fully saturated rings. The number of carboxylic acid groups (broad SMARTS) is 1. The van der Waals surface area contributed by atoms with Crippen LogP contribution in [0.15, 0.2) is 30.3 Å². The fourth-order valence-corrected chi connectivity index (χ4v) is 4.42. The zero-order valence-electron chi connectivity index (χ0n) is 18.0. The van der Waals surface area contributed by atoms with Crippen LogP contribution in [-0.4, -0.2) is 52.6 Å². The molecule has 2 aromatic rings. The van der Waals surface area contributed by atoms with Crippen molar-refractivity contribution in [2.45, 2.75) is 57.7 Å². The van der Waals surface area contributed by atoms with Gasteiger partial charge in [0.15, 0.2) is 5.82 Å². The molecule has 1 aliphatic rings. The summed E-state index contributed by atoms with van der Waals surface area (Å²) >= 11 is 0. The molecule has 1 aliphatic heterocycles. The molecule has 0 saturated carbocycles. The first-order chi connectivity index (χ1) is 13.5. The van der Waals surface area contributed by atoms with Gasteiger partial charge in [-0.05, 0) is 70.9 Å². The van der Waals surface area contributed by atoms with Crippen molar-refractivity contribution < 1.29 is 14.6 Å². The van der Waals surface area contributed by atoms with Gasteiger partial charge in [0.25, 0.3) is 0 Å². The Labute approximate surface area is 172 Å². The van der Waals surface area contributed by atoms with E-state index >= 15 is 0 Å². The molecule has 0 unspecified atom stereocenters. The van der Waals surface area contributed by atoms with E-state index in [-0.39, 0.29) is 16.6 Å². The number of aromatic carboxylic acids is 1. The molecule has 1 aromatic heterocycles. The predicted molar refractivity (Wildman–Crippen MR) is 114 cm³/mol. The number of methoxy groups -OCH3 is 1. The third kappa shape index (κ3) is 4.67. The van der Waals surface area contributed by atoms with Gasteiger partial charge >= 0.3 is 5.97 Å². The van der Waals surface area contributed by atoms with Crippen molar-refractivity contribution in [3.8, 4) is 17.0 Å². The number of hydrogen-bond acceptors (Lipinski definition) is 6. The second-order valence-corrected chi connectivity index (χ2v) is 9.06. The van der Waals surface area contributed by atoms with E-state index in [2.05, 4.69) is 55.2 Å². The molecule has 2 N–H and O–H groups in total. The standard InChI is InChI=1S/C22H30N4O3/c1-21(2)12-15(13-22(3,4)25-21)26(5)19-10-9-17(23-24-19)16-8-7-14(20(27)28)11-18(16)29-6/h7-11,15,25H,12-13H2,1-6H3,(H,27,28). The van der Waals surface area contributed by atoms with E-state index in [1.165, 1.54) is 13.2 Å². The molecule has 0 amide bonds. The maximum absolute atomic E-state index is 11.2. The molecule has 1 aromatic carbocycles. The van der Waals surface area contributed by atoms with Gasteiger partial charge in [-0.25, -0.2) is 4.79 Å². The lowest BCUT2D eigenvalue weighted by Gasteiger charge is -2.49. The van der Waals surface area contributed by atoms with Gasteiger partial charge < -0.3 is 20.1 Å². The van der Waals surface area contributed by atoms with E-state index in [1.54, 1.807) is 12.1 Å². The lowest BCUT2D eigenvalue weighted by Crippen LogP contribution is -2.62. The molecular formula is C22H30N4O3. The minimum absolute atomic E-state index is 0.0489. The number of anilines is 1. The largest absolute Gasteiger partial charge is 0.496 e. The predicted octanol–water partition coefficient (Wildman–Crippen LogP) is 3.60. The van der Waals surface area contributed by atoms with Crippen LogP contribution in [0.5, 0.6) is 5.75 Å². The monoisotopic (exact) mass is 398 g/mol. The Hall–Kier alpha value is -2.67. The van der Waals surface area contributed by atoms with Crippen LogP contribution in [0.25, 0.3) is 11.3 Å². The van der Waals surface area contributed by atoms with Crippen molar-refractivity contribution in [3.63, 3.8) is 0 Å². The Bertz CT molecular complexity index is 877. The Morgan fingerprint density at radius 2 is 1.79 bits per heavy atom. The number of ether oxygens (including phenoxy) is 1. The second-order valence-electron chi connectivity index (χ2n) is 9.06. The first-order valence-corrected chi connectivity index (χ1v) is 9.79. The van der Waals surface area contributed by atoms with Crippen molar-refractivity contribution in [1.29, 1.82) is 0 Å². The normalized spacial score (nSPS) is 18.3. The average molecular weight is 399 g/mol. The first kappa shape index (κ1) is 21.0. The van der Waals surface area contributed by atoms with Gasteiger partial charge in [-0.1, -0.05) is 0 Å². The van der Waals surface area contributed by atoms with Gasteiger partial charge in [0.05, 0.1) is 18.4 Å². The maximum atomic E-state index is 11.2. The zero-order valence-corrected chi connectivity index (χ0v) is 18.0. The number of benzene rings is 1. The van der Waals surface area contributed by atoms with E-state index in [0.29, 0.717) is 23.0 Å². The van der Waals surface area contributed by atoms with Gasteiger partial charge in [0.1, 0.15) is 5.75 Å². The number of piperidine rings is 1. The summed E-state index contributed by atoms with van der Waals surface area (Å²) in [6.07, 6.45) is 2.03. The van der Waals surface area contributed by atoms with Crippen molar-refractivity contribution in [2.24, 2.45) is 0 Å². The van der Waals surface area contributed by atoms with E-state index in [0.717, 1.165) is 18.7 Å². The summed E-state index contributed by atoms with van der Waals surface area (Å²) in [7, 11) is 3.58. The molecule has 0 aliphatic carbocycles. The SMILES string of the molecule is COc1cc(C(=O)O)ccc1-c1ccc(N(C)C2CC(C)(C)NC(C)(C)C2)nn1. The Balaban J connectivity index is 1.84. The Kier molecular flexibility index (Phi) is 5.54. The van der Waals surface area contributed by atoms with Crippen LogP contribution in [0.1, 0.15) is 50.9 Å². The summed E-state index contributed by atoms with van der Waals surface area (Å²) in [5, 5.41) is 21.7. The summed E-state index contributed by atoms with van der Waals surface area (Å²) < 4.78 is 5.36. The highest BCUT2D eigenvalue weighted by Gasteiger charge is 2.39. The number of rotatable bonds is 5. The zero-order chi connectivity index (χ0) is 21.4. The van der Waals surface area contributed by atoms with Crippen molar-refractivity contribution in [2.75, 3.05) is 19.1 Å². The number of carbonyl (C=O) groups is 1. The topological polar surface area (TPSA) is 87.6 Å². The smallest absolute Gasteiger partial charge is 0.335 e. The fraction of sp³-hybridized carbons (Fsp3) is 0.500. The van der Waals surface area contributed by atoms with Crippen LogP contribution in [0.2, 0.25) is 0 Å². The van der Waals surface area contributed by atoms with E-state index in [9.17, 15) is 4.79 Å². The van der Waals surface area contributed by atoms with Crippen LogP contribution in [0.4, 0.5) is 5.82 Å². The molecule has 2 heterocycles. The molecule has 0 spiro atoms. The molecule has 156 valence electrons. The van der Waals surface area contributed by atoms with Crippen LogP contribution in [-0.2, 0) is 0 Å². The van der Waals surface area contributed by atoms with E-state index in [4.69, 9.17) is 9.84 Å². The molecule has 7 nitrogen and oxygen atoms in total. The van der Waals surface area contributed by atoms with Crippen LogP contribution >= 0.6 is 0 Å². The number of aromatic nitrogens is 2. The third-order valence-corrected chi connectivity index (χ3v) is 5.45. The minimum Gasteiger partial charge on any atom is -0.496 e. The van der Waals surface area contributed by atoms with Crippen LogP contribution in [0.3, 0.4) is 0 Å². The first-order valence-electron chi connectivity index (χ1n) is 9.79. The molecule has 0 bridgehead atoms. The van der Waals surface area contributed by atoms with Crippen LogP contribution < -0.4 is 15.0 Å². The minimum atomic E-state index is -0.995. The highest BCUT2D eigenvalue weighted by molar-refractivity contribution is 5.89. The number of hydrogen-bond donors (Lipinski definition) is 2.